The van der Waals surface area contributed by atoms with Crippen LogP contribution < -0.4 is 0 Å². The number of hydrogen-bond donors (Lipinski definition) is 0. The average molecular weight is 102 g/mol. The predicted octanol–water partition coefficient (Wildman–Crippen LogP) is 0.397. The normalized spacial score (nSPS) is 19.0. The van der Waals surface area contributed by atoms with Crippen LogP contribution in [0.25, 0.3) is 0 Å². The summed E-state index contributed by atoms with van der Waals surface area (Å²) < 4.78 is 15.7. The van der Waals surface area contributed by atoms with Gasteiger partial charge in [-0.05, 0) is 0 Å². The van der Waals surface area contributed by atoms with E-state index < -0.39 is 6.01 Å². The zero-order chi connectivity index (χ0) is 5.28. The summed E-state index contributed by atoms with van der Waals surface area (Å²) in [5, 5.41) is 0. The number of halogens is 1. The van der Waals surface area contributed by atoms with Gasteiger partial charge >= 0.3 is 0 Å². The third-order valence-corrected chi connectivity index (χ3v) is 0.627. The van der Waals surface area contributed by atoms with Crippen LogP contribution in [0.4, 0.5) is 4.39 Å². The van der Waals surface area contributed by atoms with E-state index in [1.54, 1.807) is 0 Å². The Balaban J connectivity index is 2.67. The first-order valence-electron chi connectivity index (χ1n) is 1.82. The molecular weight excluding hydrogens is 99.0 g/mol. The molecule has 0 fully saturated rings. The van der Waals surface area contributed by atoms with E-state index in [1.165, 1.54) is 0 Å². The summed E-state index contributed by atoms with van der Waals surface area (Å²) in [4.78, 5) is 10.0. The van der Waals surface area contributed by atoms with E-state index in [0.717, 1.165) is 6.08 Å². The summed E-state index contributed by atoms with van der Waals surface area (Å²) in [6.07, 6.45) is 0.833. The number of rotatable bonds is 0. The zero-order valence-electron chi connectivity index (χ0n) is 3.48. The van der Waals surface area contributed by atoms with Crippen molar-refractivity contribution in [2.45, 2.75) is 0 Å². The maximum absolute atomic E-state index is 11.6. The first kappa shape index (κ1) is 4.30. The van der Waals surface area contributed by atoms with Gasteiger partial charge in [-0.3, -0.25) is 4.79 Å². The van der Waals surface area contributed by atoms with Gasteiger partial charge in [-0.15, -0.1) is 0 Å². The van der Waals surface area contributed by atoms with Gasteiger partial charge in [-0.25, -0.2) is 0 Å². The van der Waals surface area contributed by atoms with E-state index in [9.17, 15) is 9.18 Å². The number of hydrogen-bond acceptors (Lipinski definition) is 2. The summed E-state index contributed by atoms with van der Waals surface area (Å²) in [6.45, 7) is -0.133. The molecule has 0 unspecified atom stereocenters. The zero-order valence-corrected chi connectivity index (χ0v) is 3.48. The van der Waals surface area contributed by atoms with Crippen molar-refractivity contribution >= 4 is 5.78 Å². The largest absolute Gasteiger partial charge is 0.462 e. The monoisotopic (exact) mass is 102 g/mol. The number of carbonyl (C=O) groups excluding carboxylic acids is 1. The van der Waals surface area contributed by atoms with E-state index in [4.69, 9.17) is 0 Å². The first-order chi connectivity index (χ1) is 3.29. The van der Waals surface area contributed by atoms with Crippen molar-refractivity contribution in [1.29, 1.82) is 0 Å². The van der Waals surface area contributed by atoms with Crippen LogP contribution in [0.1, 0.15) is 0 Å². The van der Waals surface area contributed by atoms with Gasteiger partial charge in [-0.1, -0.05) is 0 Å². The van der Waals surface area contributed by atoms with Crippen molar-refractivity contribution in [3.8, 4) is 0 Å². The summed E-state index contributed by atoms with van der Waals surface area (Å²) in [5.74, 6) is -0.308. The molecule has 0 N–H and O–H groups in total. The number of carbonyl (C=O) groups is 1. The molecule has 0 aromatic rings. The van der Waals surface area contributed by atoms with Crippen LogP contribution in [0.3, 0.4) is 0 Å². The number of ketones is 1. The summed E-state index contributed by atoms with van der Waals surface area (Å²) in [7, 11) is 0. The summed E-state index contributed by atoms with van der Waals surface area (Å²) in [6, 6.07) is -0.773. The molecule has 1 aliphatic heterocycles. The topological polar surface area (TPSA) is 26.3 Å². The Labute approximate surface area is 39.6 Å². The molecule has 1 heterocycles. The Morgan fingerprint density at radius 3 is 2.71 bits per heavy atom. The maximum Gasteiger partial charge on any atom is 0.276 e. The molecule has 1 aliphatic rings. The van der Waals surface area contributed by atoms with Gasteiger partial charge in [0.05, 0.1) is 6.08 Å². The fourth-order valence-corrected chi connectivity index (χ4v) is 0.350. The molecule has 7 heavy (non-hydrogen) atoms. The van der Waals surface area contributed by atoms with Crippen LogP contribution in [0.15, 0.2) is 12.1 Å². The van der Waals surface area contributed by atoms with Crippen molar-refractivity contribution < 1.29 is 13.9 Å². The molecule has 38 valence electrons. The maximum atomic E-state index is 11.6. The third kappa shape index (κ3) is 0.765. The highest BCUT2D eigenvalue weighted by Gasteiger charge is 2.10. The molecule has 0 spiro atoms. The minimum Gasteiger partial charge on any atom is -0.462 e. The molecule has 1 rings (SSSR count). The Morgan fingerprint density at radius 1 is 1.86 bits per heavy atom. The lowest BCUT2D eigenvalue weighted by molar-refractivity contribution is -0.115. The van der Waals surface area contributed by atoms with Crippen molar-refractivity contribution in [2.24, 2.45) is 0 Å². The van der Waals surface area contributed by atoms with Crippen LogP contribution in [0, 0.1) is 0 Å². The lowest BCUT2D eigenvalue weighted by Crippen LogP contribution is -1.92. The van der Waals surface area contributed by atoms with E-state index in [1.807, 2.05) is 0 Å². The Hall–Kier alpha value is -0.860. The van der Waals surface area contributed by atoms with Gasteiger partial charge in [0, 0.05) is 0 Å². The minimum absolute atomic E-state index is 0.133. The van der Waals surface area contributed by atoms with Crippen molar-refractivity contribution in [3.63, 3.8) is 0 Å². The highest BCUT2D eigenvalue weighted by atomic mass is 19.1. The fourth-order valence-electron chi connectivity index (χ4n) is 0.350. The third-order valence-electron chi connectivity index (χ3n) is 0.627. The van der Waals surface area contributed by atoms with Crippen LogP contribution in [0.5, 0.6) is 0 Å². The van der Waals surface area contributed by atoms with Crippen LogP contribution in [-0.4, -0.2) is 12.4 Å². The summed E-state index contributed by atoms with van der Waals surface area (Å²) >= 11 is 0. The van der Waals surface area contributed by atoms with Crippen molar-refractivity contribution in [2.75, 3.05) is 6.61 Å². The fraction of sp³-hybridized carbons (Fsp3) is 0.250. The molecule has 0 saturated heterocycles. The first-order valence-corrected chi connectivity index (χ1v) is 1.82. The lowest BCUT2D eigenvalue weighted by Gasteiger charge is -1.84. The van der Waals surface area contributed by atoms with Crippen LogP contribution in [-0.2, 0) is 9.53 Å². The second-order valence-electron chi connectivity index (χ2n) is 1.20. The minimum atomic E-state index is -0.773. The Bertz CT molecular complexity index is 128. The smallest absolute Gasteiger partial charge is 0.276 e. The molecule has 0 aromatic heterocycles. The Morgan fingerprint density at radius 2 is 2.57 bits per heavy atom. The molecule has 0 aromatic carbocycles. The molecule has 2 nitrogen and oxygen atoms in total. The molecular formula is C4H3FO2. The van der Waals surface area contributed by atoms with E-state index >= 15 is 0 Å². The molecule has 0 bridgehead atoms. The SMILES string of the molecule is O=C1C=C(F)OC1. The van der Waals surface area contributed by atoms with Crippen LogP contribution >= 0.6 is 0 Å². The standard InChI is InChI=1S/C4H3FO2/c5-4-1-3(6)2-7-4/h1H,2H2. The van der Waals surface area contributed by atoms with Gasteiger partial charge in [-0.2, -0.15) is 4.39 Å². The van der Waals surface area contributed by atoms with Crippen molar-refractivity contribution in [1.82, 2.24) is 0 Å². The molecule has 3 heteroatoms. The molecule has 0 atom stereocenters. The Kier molecular flexibility index (Phi) is 0.817. The quantitative estimate of drug-likeness (QED) is 0.442. The van der Waals surface area contributed by atoms with Gasteiger partial charge in [0.25, 0.3) is 6.01 Å². The second kappa shape index (κ2) is 1.33. The summed E-state index contributed by atoms with van der Waals surface area (Å²) in [5.41, 5.74) is 0. The molecule has 0 saturated carbocycles. The van der Waals surface area contributed by atoms with Crippen LogP contribution in [0.2, 0.25) is 0 Å². The highest BCUT2D eigenvalue weighted by molar-refractivity contribution is 5.92. The van der Waals surface area contributed by atoms with Gasteiger partial charge in [0.15, 0.2) is 12.4 Å². The number of ether oxygens (including phenoxy) is 1. The van der Waals surface area contributed by atoms with E-state index in [0.29, 0.717) is 0 Å². The predicted molar refractivity (Wildman–Crippen MR) is 20.1 cm³/mol. The highest BCUT2D eigenvalue weighted by Crippen LogP contribution is 2.05. The average Bonchev–Trinajstić information content (AvgIpc) is 1.87. The van der Waals surface area contributed by atoms with Crippen molar-refractivity contribution in [3.05, 3.63) is 12.1 Å². The molecule has 0 radical (unpaired) electrons. The second-order valence-corrected chi connectivity index (χ2v) is 1.20. The van der Waals surface area contributed by atoms with Gasteiger partial charge < -0.3 is 4.74 Å². The van der Waals surface area contributed by atoms with E-state index in [-0.39, 0.29) is 12.4 Å². The van der Waals surface area contributed by atoms with Gasteiger partial charge in [0.2, 0.25) is 0 Å². The van der Waals surface area contributed by atoms with Gasteiger partial charge in [0.1, 0.15) is 0 Å². The lowest BCUT2D eigenvalue weighted by atomic mass is 10.4. The molecule has 0 aliphatic carbocycles. The van der Waals surface area contributed by atoms with E-state index in [2.05, 4.69) is 4.74 Å². The molecule has 0 amide bonds.